The van der Waals surface area contributed by atoms with Crippen LogP contribution in [0, 0.1) is 11.3 Å². The van der Waals surface area contributed by atoms with Gasteiger partial charge in [0.1, 0.15) is 0 Å². The average Bonchev–Trinajstić information content (AvgIpc) is 2.43. The number of hydrogen-bond donors (Lipinski definition) is 0. The summed E-state index contributed by atoms with van der Waals surface area (Å²) in [5, 5.41) is 9.49. The van der Waals surface area contributed by atoms with Crippen LogP contribution in [0.2, 0.25) is 21.6 Å². The van der Waals surface area contributed by atoms with Crippen LogP contribution in [0.1, 0.15) is 52.7 Å². The van der Waals surface area contributed by atoms with E-state index >= 15 is 0 Å². The first kappa shape index (κ1) is 20.7. The van der Waals surface area contributed by atoms with Crippen LogP contribution in [0.3, 0.4) is 0 Å². The summed E-state index contributed by atoms with van der Waals surface area (Å²) in [5.41, 5.74) is 3.55. The number of nitrogens with zero attached hydrogens (tertiary/aromatic N) is 1. The SMILES string of the molecule is CC(C)[Si](OCc1cc(Cl)c(CC#N)cc1Br)(C(C)C)C(C)C. The van der Waals surface area contributed by atoms with Crippen molar-refractivity contribution in [1.82, 2.24) is 0 Å². The number of hydrogen-bond acceptors (Lipinski definition) is 2. The zero-order chi connectivity index (χ0) is 17.8. The van der Waals surface area contributed by atoms with Crippen LogP contribution >= 0.6 is 27.5 Å². The summed E-state index contributed by atoms with van der Waals surface area (Å²) >= 11 is 9.90. The number of benzene rings is 1. The molecule has 0 saturated carbocycles. The molecule has 0 amide bonds. The maximum absolute atomic E-state index is 8.85. The maximum Gasteiger partial charge on any atom is 0.200 e. The van der Waals surface area contributed by atoms with Gasteiger partial charge in [-0.1, -0.05) is 69.1 Å². The molecule has 128 valence electrons. The van der Waals surface area contributed by atoms with Crippen molar-refractivity contribution in [2.24, 2.45) is 0 Å². The smallest absolute Gasteiger partial charge is 0.200 e. The molecule has 0 atom stereocenters. The lowest BCUT2D eigenvalue weighted by Gasteiger charge is -2.42. The Balaban J connectivity index is 3.08. The Morgan fingerprint density at radius 3 is 2.04 bits per heavy atom. The highest BCUT2D eigenvalue weighted by molar-refractivity contribution is 9.10. The minimum Gasteiger partial charge on any atom is -0.412 e. The molecule has 23 heavy (non-hydrogen) atoms. The second-order valence-electron chi connectivity index (χ2n) is 6.98. The summed E-state index contributed by atoms with van der Waals surface area (Å²) in [6, 6.07) is 6.01. The first-order chi connectivity index (χ1) is 10.7. The molecule has 1 aromatic carbocycles. The molecule has 0 aliphatic rings. The predicted octanol–water partition coefficient (Wildman–Crippen LogP) is 6.86. The van der Waals surface area contributed by atoms with E-state index in [-0.39, 0.29) is 0 Å². The van der Waals surface area contributed by atoms with Gasteiger partial charge >= 0.3 is 0 Å². The number of halogens is 2. The molecule has 0 unspecified atom stereocenters. The van der Waals surface area contributed by atoms with Gasteiger partial charge in [-0.3, -0.25) is 0 Å². The van der Waals surface area contributed by atoms with Crippen molar-refractivity contribution in [2.45, 2.75) is 71.2 Å². The van der Waals surface area contributed by atoms with Gasteiger partial charge in [0.2, 0.25) is 8.32 Å². The summed E-state index contributed by atoms with van der Waals surface area (Å²) in [7, 11) is -1.90. The Hall–Kier alpha value is -0.343. The van der Waals surface area contributed by atoms with E-state index in [0.29, 0.717) is 34.7 Å². The molecule has 5 heteroatoms. The molecule has 0 radical (unpaired) electrons. The van der Waals surface area contributed by atoms with Gasteiger partial charge in [0.25, 0.3) is 0 Å². The van der Waals surface area contributed by atoms with Crippen molar-refractivity contribution in [3.8, 4) is 6.07 Å². The highest BCUT2D eigenvalue weighted by atomic mass is 79.9. The fourth-order valence-corrected chi connectivity index (χ4v) is 9.83. The van der Waals surface area contributed by atoms with E-state index in [2.05, 4.69) is 63.5 Å². The van der Waals surface area contributed by atoms with Crippen molar-refractivity contribution in [1.29, 1.82) is 5.26 Å². The molecule has 0 aromatic heterocycles. The lowest BCUT2D eigenvalue weighted by molar-refractivity contribution is 0.265. The van der Waals surface area contributed by atoms with E-state index in [0.717, 1.165) is 15.6 Å². The summed E-state index contributed by atoms with van der Waals surface area (Å²) in [6.07, 6.45) is 0.321. The van der Waals surface area contributed by atoms with Crippen LogP contribution in [0.15, 0.2) is 16.6 Å². The van der Waals surface area contributed by atoms with E-state index in [1.54, 1.807) is 0 Å². The number of nitriles is 1. The zero-order valence-corrected chi connectivity index (χ0v) is 18.3. The van der Waals surface area contributed by atoms with Gasteiger partial charge in [0, 0.05) is 9.50 Å². The van der Waals surface area contributed by atoms with E-state index in [1.165, 1.54) is 0 Å². The molecule has 1 aromatic rings. The Morgan fingerprint density at radius 1 is 1.09 bits per heavy atom. The van der Waals surface area contributed by atoms with Gasteiger partial charge in [0.05, 0.1) is 19.1 Å². The molecule has 2 nitrogen and oxygen atoms in total. The molecule has 0 fully saturated rings. The van der Waals surface area contributed by atoms with E-state index in [4.69, 9.17) is 21.3 Å². The lowest BCUT2D eigenvalue weighted by atomic mass is 10.1. The van der Waals surface area contributed by atoms with E-state index < -0.39 is 8.32 Å². The molecule has 1 rings (SSSR count). The zero-order valence-electron chi connectivity index (χ0n) is 14.9. The Labute approximate surface area is 155 Å². The third kappa shape index (κ3) is 4.60. The summed E-state index contributed by atoms with van der Waals surface area (Å²) in [6.45, 7) is 14.3. The second kappa shape index (κ2) is 8.67. The molecule has 0 heterocycles. The van der Waals surface area contributed by atoms with Crippen LogP contribution in [-0.4, -0.2) is 8.32 Å². The largest absolute Gasteiger partial charge is 0.412 e. The molecular weight excluding hydrogens is 390 g/mol. The van der Waals surface area contributed by atoms with Crippen LogP contribution in [0.5, 0.6) is 0 Å². The average molecular weight is 417 g/mol. The van der Waals surface area contributed by atoms with E-state index in [9.17, 15) is 0 Å². The first-order valence-electron chi connectivity index (χ1n) is 8.14. The topological polar surface area (TPSA) is 33.0 Å². The van der Waals surface area contributed by atoms with Crippen molar-refractivity contribution in [2.75, 3.05) is 0 Å². The van der Waals surface area contributed by atoms with E-state index in [1.807, 2.05) is 12.1 Å². The van der Waals surface area contributed by atoms with Crippen molar-refractivity contribution < 1.29 is 4.43 Å². The third-order valence-corrected chi connectivity index (χ3v) is 11.8. The van der Waals surface area contributed by atoms with Gasteiger partial charge in [-0.25, -0.2) is 0 Å². The summed E-state index contributed by atoms with van der Waals surface area (Å²) in [4.78, 5) is 0. The van der Waals surface area contributed by atoms with Crippen molar-refractivity contribution in [3.05, 3.63) is 32.8 Å². The fourth-order valence-electron chi connectivity index (χ4n) is 3.66. The molecule has 0 spiro atoms. The third-order valence-electron chi connectivity index (χ3n) is 4.67. The van der Waals surface area contributed by atoms with Crippen LogP contribution in [0.4, 0.5) is 0 Å². The monoisotopic (exact) mass is 415 g/mol. The Kier molecular flexibility index (Phi) is 7.80. The first-order valence-corrected chi connectivity index (χ1v) is 11.5. The highest BCUT2D eigenvalue weighted by Gasteiger charge is 2.45. The quantitative estimate of drug-likeness (QED) is 0.455. The Bertz CT molecular complexity index is 559. The predicted molar refractivity (Wildman–Crippen MR) is 104 cm³/mol. The summed E-state index contributed by atoms with van der Waals surface area (Å²) in [5.74, 6) is 0. The van der Waals surface area contributed by atoms with Crippen LogP contribution in [0.25, 0.3) is 0 Å². The molecule has 0 N–H and O–H groups in total. The molecule has 0 bridgehead atoms. The molecule has 0 aliphatic carbocycles. The van der Waals surface area contributed by atoms with Crippen molar-refractivity contribution in [3.63, 3.8) is 0 Å². The Morgan fingerprint density at radius 2 is 1.61 bits per heavy atom. The summed E-state index contributed by atoms with van der Waals surface area (Å²) < 4.78 is 7.59. The van der Waals surface area contributed by atoms with Gasteiger partial charge in [-0.2, -0.15) is 5.26 Å². The van der Waals surface area contributed by atoms with Gasteiger partial charge in [-0.15, -0.1) is 0 Å². The minimum atomic E-state index is -1.90. The van der Waals surface area contributed by atoms with Gasteiger partial charge < -0.3 is 4.43 Å². The van der Waals surface area contributed by atoms with Crippen molar-refractivity contribution >= 4 is 35.8 Å². The van der Waals surface area contributed by atoms with Gasteiger partial charge in [-0.05, 0) is 39.9 Å². The van der Waals surface area contributed by atoms with Crippen LogP contribution in [-0.2, 0) is 17.5 Å². The minimum absolute atomic E-state index is 0.321. The molecule has 0 saturated heterocycles. The number of rotatable bonds is 7. The fraction of sp³-hybridized carbons (Fsp3) is 0.611. The highest BCUT2D eigenvalue weighted by Crippen LogP contribution is 2.43. The molecular formula is C18H27BrClNOSi. The lowest BCUT2D eigenvalue weighted by Crippen LogP contribution is -2.47. The van der Waals surface area contributed by atoms with Gasteiger partial charge in [0.15, 0.2) is 0 Å². The standard InChI is InChI=1S/C18H27BrClNOSi/c1-12(2)23(13(3)4,14(5)6)22-11-16-10-18(20)15(7-8-21)9-17(16)19/h9-10,12-14H,7,11H2,1-6H3. The maximum atomic E-state index is 8.85. The van der Waals surface area contributed by atoms with Crippen LogP contribution < -0.4 is 0 Å². The second-order valence-corrected chi connectivity index (χ2v) is 13.7. The molecule has 0 aliphatic heterocycles. The normalized spacial score (nSPS) is 12.3.